The largest absolute Gasteiger partial charge is 0.465 e. The Bertz CT molecular complexity index is 585. The monoisotopic (exact) mass is 328 g/mol. The number of carbonyl (C=O) groups is 1. The van der Waals surface area contributed by atoms with E-state index in [0.717, 1.165) is 4.47 Å². The van der Waals surface area contributed by atoms with Crippen molar-refractivity contribution in [2.75, 3.05) is 13.4 Å². The van der Waals surface area contributed by atoms with Crippen LogP contribution in [0, 0.1) is 0 Å². The van der Waals surface area contributed by atoms with E-state index >= 15 is 0 Å². The van der Waals surface area contributed by atoms with Crippen molar-refractivity contribution in [1.29, 1.82) is 0 Å². The number of methoxy groups -OCH3 is 1. The molecule has 1 heterocycles. The molecule has 0 spiro atoms. The van der Waals surface area contributed by atoms with Crippen LogP contribution in [-0.4, -0.2) is 29.5 Å². The van der Waals surface area contributed by atoms with Gasteiger partial charge >= 0.3 is 5.97 Å². The van der Waals surface area contributed by atoms with E-state index in [1.807, 2.05) is 6.26 Å². The van der Waals surface area contributed by atoms with E-state index in [9.17, 15) is 4.79 Å². The van der Waals surface area contributed by atoms with Crippen LogP contribution in [0.3, 0.4) is 0 Å². The van der Waals surface area contributed by atoms with Gasteiger partial charge in [-0.3, -0.25) is 0 Å². The lowest BCUT2D eigenvalue weighted by Crippen LogP contribution is -2.03. The van der Waals surface area contributed by atoms with Gasteiger partial charge in [0.1, 0.15) is 0 Å². The molecule has 94 valence electrons. The first-order chi connectivity index (χ1) is 8.65. The van der Waals surface area contributed by atoms with Gasteiger partial charge in [-0.15, -0.1) is 10.2 Å². The van der Waals surface area contributed by atoms with Crippen LogP contribution in [0.15, 0.2) is 32.3 Å². The summed E-state index contributed by atoms with van der Waals surface area (Å²) in [5, 5.41) is 8.20. The van der Waals surface area contributed by atoms with Gasteiger partial charge in [0.05, 0.1) is 18.2 Å². The predicted molar refractivity (Wildman–Crippen MR) is 70.6 cm³/mol. The number of ether oxygens (including phenoxy) is 1. The fourth-order valence-electron chi connectivity index (χ4n) is 1.38. The van der Waals surface area contributed by atoms with Crippen molar-refractivity contribution in [3.63, 3.8) is 0 Å². The molecule has 0 N–H and O–H groups in total. The molecule has 1 aromatic heterocycles. The molecule has 18 heavy (non-hydrogen) atoms. The Morgan fingerprint density at radius 2 is 2.22 bits per heavy atom. The predicted octanol–water partition coefficient (Wildman–Crippen LogP) is 3.01. The van der Waals surface area contributed by atoms with Gasteiger partial charge in [-0.05, 0) is 24.5 Å². The van der Waals surface area contributed by atoms with Crippen LogP contribution < -0.4 is 0 Å². The zero-order valence-corrected chi connectivity index (χ0v) is 12.0. The van der Waals surface area contributed by atoms with Crippen molar-refractivity contribution in [2.24, 2.45) is 0 Å². The van der Waals surface area contributed by atoms with Crippen LogP contribution in [0.5, 0.6) is 0 Å². The van der Waals surface area contributed by atoms with Crippen molar-refractivity contribution in [2.45, 2.75) is 5.22 Å². The molecule has 0 saturated heterocycles. The summed E-state index contributed by atoms with van der Waals surface area (Å²) in [6, 6.07) is 5.14. The maximum absolute atomic E-state index is 11.7. The first-order valence-corrected chi connectivity index (χ1v) is 6.93. The first-order valence-electron chi connectivity index (χ1n) is 4.91. The van der Waals surface area contributed by atoms with E-state index in [-0.39, 0.29) is 0 Å². The average molecular weight is 329 g/mol. The zero-order valence-electron chi connectivity index (χ0n) is 9.64. The Morgan fingerprint density at radius 3 is 2.83 bits per heavy atom. The topological polar surface area (TPSA) is 65.2 Å². The lowest BCUT2D eigenvalue weighted by molar-refractivity contribution is 0.0601. The molecule has 7 heteroatoms. The highest BCUT2D eigenvalue weighted by molar-refractivity contribution is 9.10. The number of halogens is 1. The van der Waals surface area contributed by atoms with Gasteiger partial charge in [0.25, 0.3) is 5.22 Å². The number of rotatable bonds is 3. The molecule has 2 aromatic rings. The summed E-state index contributed by atoms with van der Waals surface area (Å²) in [7, 11) is 1.33. The van der Waals surface area contributed by atoms with Crippen molar-refractivity contribution < 1.29 is 13.9 Å². The van der Waals surface area contributed by atoms with Crippen LogP contribution in [0.2, 0.25) is 0 Å². The Hall–Kier alpha value is -1.34. The molecule has 1 aromatic carbocycles. The number of nitrogens with zero attached hydrogens (tertiary/aromatic N) is 2. The smallest absolute Gasteiger partial charge is 0.338 e. The van der Waals surface area contributed by atoms with E-state index in [2.05, 4.69) is 26.1 Å². The lowest BCUT2D eigenvalue weighted by Gasteiger charge is -2.04. The molecule has 0 fully saturated rings. The third kappa shape index (κ3) is 2.56. The summed E-state index contributed by atoms with van der Waals surface area (Å²) in [5.41, 5.74) is 0.932. The van der Waals surface area contributed by atoms with Gasteiger partial charge in [0.15, 0.2) is 0 Å². The van der Waals surface area contributed by atoms with Crippen LogP contribution in [-0.2, 0) is 4.74 Å². The summed E-state index contributed by atoms with van der Waals surface area (Å²) in [6.07, 6.45) is 1.83. The molecule has 0 atom stereocenters. The molecule has 0 amide bonds. The molecule has 5 nitrogen and oxygen atoms in total. The summed E-state index contributed by atoms with van der Waals surface area (Å²) in [6.45, 7) is 0. The third-order valence-corrected chi connectivity index (χ3v) is 3.21. The van der Waals surface area contributed by atoms with E-state index in [1.165, 1.54) is 18.9 Å². The molecule has 2 rings (SSSR count). The standard InChI is InChI=1S/C11H9BrN2O3S/c1-16-10(15)7-4-3-6(12)5-8(7)9-13-14-11(17-9)18-2/h3-5H,1-2H3. The van der Waals surface area contributed by atoms with Crippen molar-refractivity contribution in [1.82, 2.24) is 10.2 Å². The van der Waals surface area contributed by atoms with Gasteiger partial charge in [-0.2, -0.15) is 0 Å². The van der Waals surface area contributed by atoms with Gasteiger partial charge in [-0.25, -0.2) is 4.79 Å². The molecule has 0 radical (unpaired) electrons. The fraction of sp³-hybridized carbons (Fsp3) is 0.182. The fourth-order valence-corrected chi connectivity index (χ4v) is 2.03. The average Bonchev–Trinajstić information content (AvgIpc) is 2.86. The van der Waals surface area contributed by atoms with Gasteiger partial charge < -0.3 is 9.15 Å². The number of hydrogen-bond acceptors (Lipinski definition) is 6. The minimum atomic E-state index is -0.443. The number of aromatic nitrogens is 2. The van der Waals surface area contributed by atoms with E-state index < -0.39 is 5.97 Å². The molecule has 0 aliphatic heterocycles. The molecule has 0 bridgehead atoms. The quantitative estimate of drug-likeness (QED) is 0.637. The van der Waals surface area contributed by atoms with Crippen molar-refractivity contribution in [3.8, 4) is 11.5 Å². The maximum atomic E-state index is 11.7. The minimum absolute atomic E-state index is 0.293. The van der Waals surface area contributed by atoms with Crippen LogP contribution in [0.1, 0.15) is 10.4 Å². The lowest BCUT2D eigenvalue weighted by atomic mass is 10.1. The zero-order chi connectivity index (χ0) is 13.1. The van der Waals surface area contributed by atoms with Crippen LogP contribution in [0.4, 0.5) is 0 Å². The van der Waals surface area contributed by atoms with Crippen LogP contribution >= 0.6 is 27.7 Å². The third-order valence-electron chi connectivity index (χ3n) is 2.20. The van der Waals surface area contributed by atoms with Crippen molar-refractivity contribution >= 4 is 33.7 Å². The second-order valence-corrected chi connectivity index (χ2v) is 4.93. The number of carbonyl (C=O) groups excluding carboxylic acids is 1. The Morgan fingerprint density at radius 1 is 1.44 bits per heavy atom. The molecule has 0 unspecified atom stereocenters. The van der Waals surface area contributed by atoms with E-state index in [1.54, 1.807) is 18.2 Å². The first kappa shape index (κ1) is 13.1. The highest BCUT2D eigenvalue weighted by atomic mass is 79.9. The molecular weight excluding hydrogens is 320 g/mol. The molecule has 0 aliphatic carbocycles. The second-order valence-electron chi connectivity index (χ2n) is 3.26. The molecule has 0 saturated carbocycles. The number of thioether (sulfide) groups is 1. The van der Waals surface area contributed by atoms with Crippen molar-refractivity contribution in [3.05, 3.63) is 28.2 Å². The summed E-state index contributed by atoms with van der Waals surface area (Å²) >= 11 is 4.68. The highest BCUT2D eigenvalue weighted by Gasteiger charge is 2.18. The van der Waals surface area contributed by atoms with Gasteiger partial charge in [-0.1, -0.05) is 27.7 Å². The highest BCUT2D eigenvalue weighted by Crippen LogP contribution is 2.28. The van der Waals surface area contributed by atoms with Crippen LogP contribution in [0.25, 0.3) is 11.5 Å². The minimum Gasteiger partial charge on any atom is -0.465 e. The Kier molecular flexibility index (Phi) is 4.03. The molecule has 0 aliphatic rings. The van der Waals surface area contributed by atoms with E-state index in [0.29, 0.717) is 22.2 Å². The molecular formula is C11H9BrN2O3S. The number of benzene rings is 1. The van der Waals surface area contributed by atoms with E-state index in [4.69, 9.17) is 9.15 Å². The summed E-state index contributed by atoms with van der Waals surface area (Å²) < 4.78 is 11.0. The number of hydrogen-bond donors (Lipinski definition) is 0. The van der Waals surface area contributed by atoms with Gasteiger partial charge in [0, 0.05) is 4.47 Å². The summed E-state index contributed by atoms with van der Waals surface area (Å²) in [5.74, 6) is -0.151. The van der Waals surface area contributed by atoms with Gasteiger partial charge in [0.2, 0.25) is 5.89 Å². The number of esters is 1. The Balaban J connectivity index is 2.53. The second kappa shape index (κ2) is 5.53. The summed E-state index contributed by atoms with van der Waals surface area (Å²) in [4.78, 5) is 11.7. The Labute approximate surface area is 116 Å². The SMILES string of the molecule is COC(=O)c1ccc(Br)cc1-c1nnc(SC)o1. The normalized spacial score (nSPS) is 10.4. The maximum Gasteiger partial charge on any atom is 0.338 e.